The second kappa shape index (κ2) is 13.5. The molecule has 33 heavy (non-hydrogen) atoms. The van der Waals surface area contributed by atoms with Crippen molar-refractivity contribution in [2.45, 2.75) is 56.7 Å². The molecular weight excluding hydrogens is 440 g/mol. The molecule has 3 atom stereocenters. The number of carboxylic acid groups (broad SMARTS) is 1. The van der Waals surface area contributed by atoms with Crippen LogP contribution in [0.2, 0.25) is 0 Å². The number of carboxylic acids is 1. The Labute approximate surface area is 188 Å². The molecule has 0 aromatic carbocycles. The number of primary amides is 2. The molecule has 13 N–H and O–H groups in total. The van der Waals surface area contributed by atoms with E-state index in [4.69, 9.17) is 33.2 Å². The number of hydrogen-bond donors (Lipinski definition) is 8. The highest BCUT2D eigenvalue weighted by molar-refractivity contribution is 5.83. The van der Waals surface area contributed by atoms with Crippen LogP contribution in [0.5, 0.6) is 0 Å². The molecule has 0 saturated carbocycles. The highest BCUT2D eigenvalue weighted by atomic mass is 16.5. The Hall–Kier alpha value is -3.95. The summed E-state index contributed by atoms with van der Waals surface area (Å²) < 4.78 is 5.20. The lowest BCUT2D eigenvalue weighted by Crippen LogP contribution is -2.47. The van der Waals surface area contributed by atoms with Gasteiger partial charge in [-0.2, -0.15) is 4.98 Å². The molecule has 1 heterocycles. The SMILES string of the molecule is NC(=O)CC[C@H](NC(=O)N[C@@H](CCCN=C(N)N)c1nc([C@@H](N)CCC(N)=O)no1)C(=O)O. The third-order valence-electron chi connectivity index (χ3n) is 4.32. The maximum Gasteiger partial charge on any atom is 0.326 e. The molecule has 1 aromatic rings. The first-order chi connectivity index (χ1) is 15.5. The van der Waals surface area contributed by atoms with Crippen LogP contribution in [0.25, 0.3) is 0 Å². The first-order valence-corrected chi connectivity index (χ1v) is 10.0. The van der Waals surface area contributed by atoms with Crippen LogP contribution >= 0.6 is 0 Å². The van der Waals surface area contributed by atoms with Gasteiger partial charge in [0.05, 0.1) is 6.04 Å². The highest BCUT2D eigenvalue weighted by Gasteiger charge is 2.26. The zero-order valence-corrected chi connectivity index (χ0v) is 17.9. The summed E-state index contributed by atoms with van der Waals surface area (Å²) >= 11 is 0. The molecule has 0 saturated heterocycles. The van der Waals surface area contributed by atoms with E-state index in [-0.39, 0.29) is 56.3 Å². The van der Waals surface area contributed by atoms with E-state index in [0.29, 0.717) is 6.42 Å². The average molecular weight is 470 g/mol. The van der Waals surface area contributed by atoms with Crippen LogP contribution in [0.3, 0.4) is 0 Å². The zero-order valence-electron chi connectivity index (χ0n) is 17.9. The first-order valence-electron chi connectivity index (χ1n) is 10.0. The fraction of sp³-hybridized carbons (Fsp3) is 0.588. The Morgan fingerprint density at radius 3 is 2.21 bits per heavy atom. The van der Waals surface area contributed by atoms with Crippen LogP contribution in [-0.4, -0.2) is 57.6 Å². The fourth-order valence-corrected chi connectivity index (χ4v) is 2.63. The van der Waals surface area contributed by atoms with Crippen molar-refractivity contribution in [3.8, 4) is 0 Å². The lowest BCUT2D eigenvalue weighted by atomic mass is 10.1. The van der Waals surface area contributed by atoms with Gasteiger partial charge in [0.25, 0.3) is 0 Å². The van der Waals surface area contributed by atoms with Crippen molar-refractivity contribution in [3.05, 3.63) is 11.7 Å². The molecule has 4 amide bonds. The fourth-order valence-electron chi connectivity index (χ4n) is 2.63. The van der Waals surface area contributed by atoms with Crippen LogP contribution < -0.4 is 39.3 Å². The van der Waals surface area contributed by atoms with Crippen LogP contribution in [0.4, 0.5) is 4.79 Å². The predicted octanol–water partition coefficient (Wildman–Crippen LogP) is -2.55. The number of hydrogen-bond acceptors (Lipinski definition) is 9. The minimum Gasteiger partial charge on any atom is -0.480 e. The Balaban J connectivity index is 2.90. The van der Waals surface area contributed by atoms with Gasteiger partial charge in [0.1, 0.15) is 12.1 Å². The zero-order chi connectivity index (χ0) is 25.0. The number of nitrogens with two attached hydrogens (primary N) is 5. The van der Waals surface area contributed by atoms with Gasteiger partial charge < -0.3 is 48.9 Å². The minimum absolute atomic E-state index is 0.00314. The summed E-state index contributed by atoms with van der Waals surface area (Å²) in [5, 5.41) is 17.8. The molecule has 0 aliphatic heterocycles. The van der Waals surface area contributed by atoms with Crippen molar-refractivity contribution in [2.24, 2.45) is 33.7 Å². The van der Waals surface area contributed by atoms with E-state index in [1.807, 2.05) is 0 Å². The number of guanidine groups is 1. The Bertz CT molecular complexity index is 853. The van der Waals surface area contributed by atoms with Gasteiger partial charge in [-0.3, -0.25) is 14.6 Å². The van der Waals surface area contributed by atoms with Crippen molar-refractivity contribution < 1.29 is 28.8 Å². The van der Waals surface area contributed by atoms with E-state index >= 15 is 0 Å². The average Bonchev–Trinajstić information content (AvgIpc) is 3.21. The summed E-state index contributed by atoms with van der Waals surface area (Å²) in [5.41, 5.74) is 26.7. The number of amides is 4. The first kappa shape index (κ1) is 27.1. The van der Waals surface area contributed by atoms with E-state index < -0.39 is 41.9 Å². The van der Waals surface area contributed by atoms with Crippen LogP contribution in [0.1, 0.15) is 62.3 Å². The summed E-state index contributed by atoms with van der Waals surface area (Å²) in [6, 6.07) is -3.76. The molecule has 0 radical (unpaired) electrons. The second-order valence-electron chi connectivity index (χ2n) is 7.12. The Morgan fingerprint density at radius 1 is 1.00 bits per heavy atom. The number of carbonyl (C=O) groups is 4. The Kier molecular flexibility index (Phi) is 11.0. The third-order valence-corrected chi connectivity index (χ3v) is 4.32. The van der Waals surface area contributed by atoms with Gasteiger partial charge >= 0.3 is 12.0 Å². The topological polar surface area (TPSA) is 294 Å². The normalized spacial score (nSPS) is 13.4. The van der Waals surface area contributed by atoms with Crippen molar-refractivity contribution in [1.29, 1.82) is 0 Å². The van der Waals surface area contributed by atoms with Gasteiger partial charge in [0.15, 0.2) is 11.8 Å². The number of nitrogens with zero attached hydrogens (tertiary/aromatic N) is 3. The smallest absolute Gasteiger partial charge is 0.326 e. The lowest BCUT2D eigenvalue weighted by Gasteiger charge is -2.18. The van der Waals surface area contributed by atoms with E-state index in [1.54, 1.807) is 0 Å². The summed E-state index contributed by atoms with van der Waals surface area (Å²) in [6.07, 6.45) is 0.453. The highest BCUT2D eigenvalue weighted by Crippen LogP contribution is 2.20. The van der Waals surface area contributed by atoms with E-state index in [2.05, 4.69) is 25.8 Å². The maximum absolute atomic E-state index is 12.4. The Morgan fingerprint density at radius 2 is 1.64 bits per heavy atom. The van der Waals surface area contributed by atoms with Crippen LogP contribution in [0.15, 0.2) is 9.52 Å². The van der Waals surface area contributed by atoms with Gasteiger partial charge in [0.2, 0.25) is 17.7 Å². The summed E-state index contributed by atoms with van der Waals surface area (Å²) in [6.45, 7) is 0.248. The van der Waals surface area contributed by atoms with Crippen LogP contribution in [0, 0.1) is 0 Å². The lowest BCUT2D eigenvalue weighted by molar-refractivity contribution is -0.139. The van der Waals surface area contributed by atoms with Crippen molar-refractivity contribution in [3.63, 3.8) is 0 Å². The number of carbonyl (C=O) groups excluding carboxylic acids is 3. The van der Waals surface area contributed by atoms with Crippen molar-refractivity contribution in [2.75, 3.05) is 6.54 Å². The monoisotopic (exact) mass is 470 g/mol. The minimum atomic E-state index is -1.35. The number of nitrogens with one attached hydrogen (secondary N) is 2. The van der Waals surface area contributed by atoms with Crippen molar-refractivity contribution in [1.82, 2.24) is 20.8 Å². The van der Waals surface area contributed by atoms with Gasteiger partial charge in [-0.15, -0.1) is 0 Å². The van der Waals surface area contributed by atoms with Crippen molar-refractivity contribution >= 4 is 29.8 Å². The molecule has 0 fully saturated rings. The number of aromatic nitrogens is 2. The van der Waals surface area contributed by atoms with Crippen LogP contribution in [-0.2, 0) is 14.4 Å². The summed E-state index contributed by atoms with van der Waals surface area (Å²) in [4.78, 5) is 53.6. The molecule has 0 spiro atoms. The molecule has 0 bridgehead atoms. The molecular formula is C17H30N10O6. The number of aliphatic carboxylic acids is 1. The standard InChI is InChI=1S/C17H30N10O6/c18-8(3-5-11(19)28)13-26-14(33-27-13)9(2-1-7-23-16(21)22)24-17(32)25-10(15(30)31)4-6-12(20)29/h8-10H,1-7,18H2,(H2,19,28)(H2,20,29)(H,30,31)(H4,21,22,23)(H2,24,25,32)/t8-,9-,10-/m0/s1. The molecule has 0 unspecified atom stereocenters. The van der Waals surface area contributed by atoms with E-state index in [9.17, 15) is 24.3 Å². The molecule has 1 rings (SSSR count). The quantitative estimate of drug-likeness (QED) is 0.0749. The summed E-state index contributed by atoms with van der Waals surface area (Å²) in [7, 11) is 0. The number of aliphatic imine (C=N–C) groups is 1. The van der Waals surface area contributed by atoms with Gasteiger partial charge in [-0.05, 0) is 25.7 Å². The molecule has 184 valence electrons. The maximum atomic E-state index is 12.4. The number of rotatable bonds is 15. The van der Waals surface area contributed by atoms with E-state index in [0.717, 1.165) is 0 Å². The second-order valence-corrected chi connectivity index (χ2v) is 7.12. The largest absolute Gasteiger partial charge is 0.480 e. The predicted molar refractivity (Wildman–Crippen MR) is 114 cm³/mol. The molecule has 16 nitrogen and oxygen atoms in total. The van der Waals surface area contributed by atoms with Gasteiger partial charge in [-0.25, -0.2) is 9.59 Å². The third kappa shape index (κ3) is 10.8. The van der Waals surface area contributed by atoms with E-state index in [1.165, 1.54) is 0 Å². The number of urea groups is 1. The summed E-state index contributed by atoms with van der Waals surface area (Å²) in [5.74, 6) is -2.56. The molecule has 0 aliphatic rings. The van der Waals surface area contributed by atoms with Gasteiger partial charge in [0, 0.05) is 19.4 Å². The molecule has 0 aliphatic carbocycles. The molecule has 1 aromatic heterocycles. The molecule has 16 heteroatoms. The van der Waals surface area contributed by atoms with Gasteiger partial charge in [-0.1, -0.05) is 5.16 Å².